The van der Waals surface area contributed by atoms with Crippen LogP contribution in [-0.4, -0.2) is 53.5 Å². The second-order valence-electron chi connectivity index (χ2n) is 7.35. The lowest BCUT2D eigenvalue weighted by Gasteiger charge is -2.28. The van der Waals surface area contributed by atoms with Crippen molar-refractivity contribution < 1.29 is 9.53 Å². The van der Waals surface area contributed by atoms with Gasteiger partial charge >= 0.3 is 0 Å². The van der Waals surface area contributed by atoms with E-state index in [1.54, 1.807) is 6.20 Å². The molecule has 4 rings (SSSR count). The first-order valence-corrected chi connectivity index (χ1v) is 10.8. The number of ether oxygens (including phenoxy) is 1. The fraction of sp³-hybridized carbons (Fsp3) is 0.524. The van der Waals surface area contributed by atoms with Gasteiger partial charge in [0.1, 0.15) is 5.75 Å². The molecule has 3 heterocycles. The maximum Gasteiger partial charge on any atom is 0.283 e. The highest BCUT2D eigenvalue weighted by Crippen LogP contribution is 2.25. The molecule has 1 fully saturated rings. The zero-order valence-corrected chi connectivity index (χ0v) is 16.5. The van der Waals surface area contributed by atoms with E-state index in [2.05, 4.69) is 22.0 Å². The SMILES string of the molecule is O=C(c1nccs1)N1CCc2cc(OCCCN3CCCCC3)ccc2C1. The van der Waals surface area contributed by atoms with Crippen LogP contribution in [0.15, 0.2) is 29.8 Å². The number of rotatable bonds is 6. The van der Waals surface area contributed by atoms with Crippen LogP contribution in [0.1, 0.15) is 46.6 Å². The molecular weight excluding hydrogens is 358 g/mol. The summed E-state index contributed by atoms with van der Waals surface area (Å²) in [5.74, 6) is 0.987. The Morgan fingerprint density at radius 1 is 1.15 bits per heavy atom. The van der Waals surface area contributed by atoms with Gasteiger partial charge in [-0.2, -0.15) is 0 Å². The number of benzene rings is 1. The standard InChI is InChI=1S/C21H27N3O2S/c25-21(20-22-8-14-27-20)24-12-7-17-15-19(6-5-18(17)16-24)26-13-4-11-23-9-2-1-3-10-23/h5-6,8,14-15H,1-4,7,9-13,16H2. The van der Waals surface area contributed by atoms with Gasteiger partial charge in [0.15, 0.2) is 5.01 Å². The summed E-state index contributed by atoms with van der Waals surface area (Å²) in [6.45, 7) is 5.79. The van der Waals surface area contributed by atoms with Gasteiger partial charge in [0, 0.05) is 31.2 Å². The zero-order valence-electron chi connectivity index (χ0n) is 15.7. The number of fused-ring (bicyclic) bond motifs is 1. The first kappa shape index (κ1) is 18.4. The molecule has 1 saturated heterocycles. The molecule has 144 valence electrons. The van der Waals surface area contributed by atoms with Gasteiger partial charge in [-0.3, -0.25) is 4.79 Å². The predicted octanol–water partition coefficient (Wildman–Crippen LogP) is 3.60. The minimum atomic E-state index is 0.0358. The van der Waals surface area contributed by atoms with E-state index < -0.39 is 0 Å². The average Bonchev–Trinajstić information content (AvgIpc) is 3.26. The number of likely N-dealkylation sites (tertiary alicyclic amines) is 1. The molecule has 2 aliphatic heterocycles. The highest BCUT2D eigenvalue weighted by Gasteiger charge is 2.23. The Balaban J connectivity index is 1.27. The summed E-state index contributed by atoms with van der Waals surface area (Å²) in [7, 11) is 0. The summed E-state index contributed by atoms with van der Waals surface area (Å²) in [5.41, 5.74) is 2.51. The molecule has 0 bridgehead atoms. The highest BCUT2D eigenvalue weighted by molar-refractivity contribution is 7.11. The molecular formula is C21H27N3O2S. The van der Waals surface area contributed by atoms with Crippen LogP contribution in [0.2, 0.25) is 0 Å². The number of thiazole rings is 1. The minimum Gasteiger partial charge on any atom is -0.494 e. The van der Waals surface area contributed by atoms with Crippen LogP contribution in [0.5, 0.6) is 5.75 Å². The van der Waals surface area contributed by atoms with Crippen LogP contribution in [0, 0.1) is 0 Å². The molecule has 2 aromatic rings. The van der Waals surface area contributed by atoms with Crippen LogP contribution in [0.3, 0.4) is 0 Å². The minimum absolute atomic E-state index is 0.0358. The van der Waals surface area contributed by atoms with Gasteiger partial charge in [-0.15, -0.1) is 11.3 Å². The van der Waals surface area contributed by atoms with Crippen molar-refractivity contribution >= 4 is 17.2 Å². The van der Waals surface area contributed by atoms with Crippen LogP contribution in [0.25, 0.3) is 0 Å². The predicted molar refractivity (Wildman–Crippen MR) is 107 cm³/mol. The van der Waals surface area contributed by atoms with E-state index in [-0.39, 0.29) is 5.91 Å². The normalized spacial score (nSPS) is 17.6. The van der Waals surface area contributed by atoms with E-state index in [9.17, 15) is 4.79 Å². The first-order valence-electron chi connectivity index (χ1n) is 9.95. The van der Waals surface area contributed by atoms with Crippen molar-refractivity contribution in [3.63, 3.8) is 0 Å². The van der Waals surface area contributed by atoms with E-state index in [0.29, 0.717) is 11.6 Å². The second-order valence-corrected chi connectivity index (χ2v) is 8.24. The van der Waals surface area contributed by atoms with Crippen molar-refractivity contribution in [2.45, 2.75) is 38.6 Å². The van der Waals surface area contributed by atoms with Gasteiger partial charge in [-0.05, 0) is 62.0 Å². The molecule has 0 spiro atoms. The maximum absolute atomic E-state index is 12.5. The lowest BCUT2D eigenvalue weighted by molar-refractivity contribution is 0.0734. The Hall–Kier alpha value is -1.92. The molecule has 0 radical (unpaired) electrons. The lowest BCUT2D eigenvalue weighted by atomic mass is 9.99. The van der Waals surface area contributed by atoms with Crippen molar-refractivity contribution in [3.8, 4) is 5.75 Å². The molecule has 5 nitrogen and oxygen atoms in total. The van der Waals surface area contributed by atoms with Crippen molar-refractivity contribution in [1.29, 1.82) is 0 Å². The summed E-state index contributed by atoms with van der Waals surface area (Å²) >= 11 is 1.40. The molecule has 1 amide bonds. The van der Waals surface area contributed by atoms with Crippen LogP contribution in [-0.2, 0) is 13.0 Å². The van der Waals surface area contributed by atoms with Crippen molar-refractivity contribution in [2.75, 3.05) is 32.8 Å². The number of hydrogen-bond acceptors (Lipinski definition) is 5. The number of hydrogen-bond donors (Lipinski definition) is 0. The van der Waals surface area contributed by atoms with Gasteiger partial charge in [0.25, 0.3) is 5.91 Å². The molecule has 0 saturated carbocycles. The summed E-state index contributed by atoms with van der Waals surface area (Å²) in [5, 5.41) is 2.42. The Labute approximate surface area is 165 Å². The summed E-state index contributed by atoms with van der Waals surface area (Å²) in [6.07, 6.45) is 7.70. The Morgan fingerprint density at radius 2 is 2.04 bits per heavy atom. The third-order valence-corrected chi connectivity index (χ3v) is 6.19. The third-order valence-electron chi connectivity index (χ3n) is 5.43. The number of nitrogens with zero attached hydrogens (tertiary/aromatic N) is 3. The Morgan fingerprint density at radius 3 is 2.85 bits per heavy atom. The third kappa shape index (κ3) is 4.68. The molecule has 0 aliphatic carbocycles. The molecule has 0 atom stereocenters. The Kier molecular flexibility index (Phi) is 6.04. The van der Waals surface area contributed by atoms with Gasteiger partial charge in [0.2, 0.25) is 0 Å². The van der Waals surface area contributed by atoms with Gasteiger partial charge < -0.3 is 14.5 Å². The molecule has 6 heteroatoms. The Bertz CT molecular complexity index is 757. The molecule has 1 aromatic carbocycles. The van der Waals surface area contributed by atoms with Crippen molar-refractivity contribution in [3.05, 3.63) is 45.9 Å². The number of carbonyl (C=O) groups excluding carboxylic acids is 1. The van der Waals surface area contributed by atoms with Crippen LogP contribution >= 0.6 is 11.3 Å². The largest absolute Gasteiger partial charge is 0.494 e. The fourth-order valence-corrected chi connectivity index (χ4v) is 4.52. The monoisotopic (exact) mass is 385 g/mol. The summed E-state index contributed by atoms with van der Waals surface area (Å²) < 4.78 is 5.98. The lowest BCUT2D eigenvalue weighted by Crippen LogP contribution is -2.35. The van der Waals surface area contributed by atoms with Gasteiger partial charge in [-0.25, -0.2) is 4.98 Å². The van der Waals surface area contributed by atoms with E-state index in [1.165, 1.54) is 54.8 Å². The smallest absolute Gasteiger partial charge is 0.283 e. The van der Waals surface area contributed by atoms with Crippen molar-refractivity contribution in [2.24, 2.45) is 0 Å². The summed E-state index contributed by atoms with van der Waals surface area (Å²) in [6, 6.07) is 6.30. The zero-order chi connectivity index (χ0) is 18.5. The van der Waals surface area contributed by atoms with E-state index in [0.717, 1.165) is 38.3 Å². The van der Waals surface area contributed by atoms with Gasteiger partial charge in [0.05, 0.1) is 6.61 Å². The van der Waals surface area contributed by atoms with E-state index in [1.807, 2.05) is 16.3 Å². The second kappa shape index (κ2) is 8.85. The van der Waals surface area contributed by atoms with Crippen LogP contribution in [0.4, 0.5) is 0 Å². The quantitative estimate of drug-likeness (QED) is 0.713. The van der Waals surface area contributed by atoms with E-state index in [4.69, 9.17) is 4.74 Å². The molecule has 1 aromatic heterocycles. The highest BCUT2D eigenvalue weighted by atomic mass is 32.1. The number of carbonyl (C=O) groups is 1. The maximum atomic E-state index is 12.5. The first-order chi connectivity index (χ1) is 13.3. The number of piperidine rings is 1. The molecule has 2 aliphatic rings. The van der Waals surface area contributed by atoms with Gasteiger partial charge in [-0.1, -0.05) is 12.5 Å². The topological polar surface area (TPSA) is 45.7 Å². The van der Waals surface area contributed by atoms with E-state index >= 15 is 0 Å². The molecule has 0 unspecified atom stereocenters. The molecule has 27 heavy (non-hydrogen) atoms. The molecule has 0 N–H and O–H groups in total. The van der Waals surface area contributed by atoms with Crippen molar-refractivity contribution in [1.82, 2.24) is 14.8 Å². The fourth-order valence-electron chi connectivity index (χ4n) is 3.92. The number of amides is 1. The number of aromatic nitrogens is 1. The summed E-state index contributed by atoms with van der Waals surface area (Å²) in [4.78, 5) is 21.1. The average molecular weight is 386 g/mol. The van der Waals surface area contributed by atoms with Crippen LogP contribution < -0.4 is 4.74 Å².